The maximum absolute atomic E-state index is 13.5. The summed E-state index contributed by atoms with van der Waals surface area (Å²) in [5.74, 6) is 0.934. The van der Waals surface area contributed by atoms with Gasteiger partial charge in [0.2, 0.25) is 0 Å². The summed E-state index contributed by atoms with van der Waals surface area (Å²) in [7, 11) is 0. The second kappa shape index (κ2) is 6.52. The number of hydrogen-bond donors (Lipinski definition) is 2. The van der Waals surface area contributed by atoms with Crippen LogP contribution in [0.5, 0.6) is 11.5 Å². The maximum atomic E-state index is 13.5. The number of aromatic hydroxyl groups is 2. The smallest absolute Gasteiger partial charge is 0.257 e. The Labute approximate surface area is 165 Å². The van der Waals surface area contributed by atoms with Crippen molar-refractivity contribution in [2.24, 2.45) is 5.92 Å². The molecule has 6 rings (SSSR count). The lowest BCUT2D eigenvalue weighted by molar-refractivity contribution is -0.00349. The number of amides is 1. The predicted octanol–water partition coefficient (Wildman–Crippen LogP) is 3.11. The van der Waals surface area contributed by atoms with Gasteiger partial charge in [0, 0.05) is 18.5 Å². The third kappa shape index (κ3) is 2.68. The van der Waals surface area contributed by atoms with Gasteiger partial charge >= 0.3 is 0 Å². The zero-order valence-corrected chi connectivity index (χ0v) is 16.1. The van der Waals surface area contributed by atoms with Gasteiger partial charge in [0.05, 0.1) is 11.6 Å². The second-order valence-corrected chi connectivity index (χ2v) is 8.53. The molecule has 0 aliphatic carbocycles. The van der Waals surface area contributed by atoms with Crippen LogP contribution >= 0.6 is 0 Å². The Morgan fingerprint density at radius 3 is 2.54 bits per heavy atom. The van der Waals surface area contributed by atoms with Crippen molar-refractivity contribution < 1.29 is 15.0 Å². The molecular formula is C23H26N2O3. The molecule has 0 radical (unpaired) electrons. The first kappa shape index (κ1) is 17.6. The molecule has 2 aromatic rings. The van der Waals surface area contributed by atoms with Crippen LogP contribution in [0.3, 0.4) is 0 Å². The van der Waals surface area contributed by atoms with Gasteiger partial charge in [-0.2, -0.15) is 0 Å². The summed E-state index contributed by atoms with van der Waals surface area (Å²) in [4.78, 5) is 18.0. The average Bonchev–Trinajstić information content (AvgIpc) is 3.11. The summed E-state index contributed by atoms with van der Waals surface area (Å²) >= 11 is 0. The van der Waals surface area contributed by atoms with E-state index < -0.39 is 0 Å². The Hall–Kier alpha value is -2.53. The Balaban J connectivity index is 1.54. The third-order valence-electron chi connectivity index (χ3n) is 6.94. The molecular weight excluding hydrogens is 352 g/mol. The van der Waals surface area contributed by atoms with Crippen LogP contribution in [0.15, 0.2) is 42.5 Å². The van der Waals surface area contributed by atoms with Crippen molar-refractivity contribution >= 4 is 5.91 Å². The molecule has 2 bridgehead atoms. The van der Waals surface area contributed by atoms with Crippen LogP contribution in [0.2, 0.25) is 0 Å². The van der Waals surface area contributed by atoms with Gasteiger partial charge in [0.1, 0.15) is 11.5 Å². The fourth-order valence-electron chi connectivity index (χ4n) is 5.68. The van der Waals surface area contributed by atoms with Gasteiger partial charge in [0.15, 0.2) is 0 Å². The minimum atomic E-state index is -0.0797. The van der Waals surface area contributed by atoms with Crippen molar-refractivity contribution in [3.63, 3.8) is 0 Å². The first-order valence-electron chi connectivity index (χ1n) is 10.2. The maximum Gasteiger partial charge on any atom is 0.257 e. The SMILES string of the molecule is Cc1ccc(C(=O)N2CC(c3cccc(O)c3)C3C2C2CCN3CC2)c(O)c1. The van der Waals surface area contributed by atoms with Gasteiger partial charge in [-0.1, -0.05) is 18.2 Å². The minimum Gasteiger partial charge on any atom is -0.508 e. The highest BCUT2D eigenvalue weighted by atomic mass is 16.3. The number of carbonyl (C=O) groups excluding carboxylic acids is 1. The van der Waals surface area contributed by atoms with Gasteiger partial charge in [-0.3, -0.25) is 9.69 Å². The summed E-state index contributed by atoms with van der Waals surface area (Å²) in [6, 6.07) is 13.2. The average molecular weight is 378 g/mol. The number of carbonyl (C=O) groups is 1. The lowest BCUT2D eigenvalue weighted by Gasteiger charge is -2.51. The zero-order chi connectivity index (χ0) is 19.4. The molecule has 2 aromatic carbocycles. The fourth-order valence-corrected chi connectivity index (χ4v) is 5.68. The summed E-state index contributed by atoms with van der Waals surface area (Å²) < 4.78 is 0. The number of piperidine rings is 3. The summed E-state index contributed by atoms with van der Waals surface area (Å²) in [6.07, 6.45) is 2.25. The molecule has 28 heavy (non-hydrogen) atoms. The van der Waals surface area contributed by atoms with Crippen molar-refractivity contribution in [1.82, 2.24) is 9.80 Å². The number of phenolic OH excluding ortho intramolecular Hbond substituents is 2. The monoisotopic (exact) mass is 378 g/mol. The Kier molecular flexibility index (Phi) is 4.09. The lowest BCUT2D eigenvalue weighted by Crippen LogP contribution is -2.60. The highest BCUT2D eigenvalue weighted by molar-refractivity contribution is 5.97. The van der Waals surface area contributed by atoms with E-state index in [1.54, 1.807) is 18.2 Å². The Morgan fingerprint density at radius 1 is 1.04 bits per heavy atom. The van der Waals surface area contributed by atoms with Gasteiger partial charge in [-0.05, 0) is 74.2 Å². The largest absolute Gasteiger partial charge is 0.508 e. The molecule has 4 aliphatic rings. The number of hydrogen-bond acceptors (Lipinski definition) is 4. The van der Waals surface area contributed by atoms with E-state index in [2.05, 4.69) is 11.0 Å². The standard InChI is InChI=1S/C23H26N2O3/c1-14-5-6-18(20(27)11-14)23(28)25-13-19(16-3-2-4-17(26)12-16)22-21(25)15-7-9-24(22)10-8-15/h2-6,11-12,15,19,21-22,26-27H,7-10,13H2,1H3. The number of benzene rings is 2. The van der Waals surface area contributed by atoms with E-state index in [1.165, 1.54) is 0 Å². The van der Waals surface area contributed by atoms with E-state index >= 15 is 0 Å². The molecule has 4 fully saturated rings. The molecule has 3 atom stereocenters. The molecule has 0 aromatic heterocycles. The number of nitrogens with zero attached hydrogens (tertiary/aromatic N) is 2. The van der Waals surface area contributed by atoms with E-state index in [4.69, 9.17) is 0 Å². The highest BCUT2D eigenvalue weighted by Gasteiger charge is 2.54. The molecule has 0 saturated carbocycles. The van der Waals surface area contributed by atoms with Crippen LogP contribution in [0, 0.1) is 12.8 Å². The molecule has 5 nitrogen and oxygen atoms in total. The van der Waals surface area contributed by atoms with Crippen LogP contribution in [0.25, 0.3) is 0 Å². The number of aryl methyl sites for hydroxylation is 1. The lowest BCUT2D eigenvalue weighted by atomic mass is 9.75. The number of fused-ring (bicyclic) bond motifs is 2. The van der Waals surface area contributed by atoms with Gasteiger partial charge < -0.3 is 15.1 Å². The minimum absolute atomic E-state index is 0.0589. The van der Waals surface area contributed by atoms with Crippen molar-refractivity contribution in [3.8, 4) is 11.5 Å². The molecule has 4 aliphatic heterocycles. The first-order valence-corrected chi connectivity index (χ1v) is 10.2. The molecule has 4 saturated heterocycles. The Bertz CT molecular complexity index is 920. The number of rotatable bonds is 2. The molecule has 146 valence electrons. The number of likely N-dealkylation sites (tertiary alicyclic amines) is 1. The topological polar surface area (TPSA) is 64.0 Å². The van der Waals surface area contributed by atoms with Crippen LogP contribution in [-0.2, 0) is 0 Å². The normalized spacial score (nSPS) is 31.0. The molecule has 2 N–H and O–H groups in total. The van der Waals surface area contributed by atoms with Crippen LogP contribution < -0.4 is 0 Å². The van der Waals surface area contributed by atoms with E-state index in [0.717, 1.165) is 37.1 Å². The molecule has 0 spiro atoms. The molecule has 4 heterocycles. The zero-order valence-electron chi connectivity index (χ0n) is 16.1. The summed E-state index contributed by atoms with van der Waals surface area (Å²) in [5, 5.41) is 20.4. The van der Waals surface area contributed by atoms with E-state index in [9.17, 15) is 15.0 Å². The molecule has 3 unspecified atom stereocenters. The fraction of sp³-hybridized carbons (Fsp3) is 0.435. The third-order valence-corrected chi connectivity index (χ3v) is 6.94. The first-order chi connectivity index (χ1) is 13.5. The van der Waals surface area contributed by atoms with Gasteiger partial charge in [-0.15, -0.1) is 0 Å². The van der Waals surface area contributed by atoms with E-state index in [-0.39, 0.29) is 35.4 Å². The summed E-state index contributed by atoms with van der Waals surface area (Å²) in [5.41, 5.74) is 2.41. The Morgan fingerprint density at radius 2 is 1.82 bits per heavy atom. The predicted molar refractivity (Wildman–Crippen MR) is 107 cm³/mol. The van der Waals surface area contributed by atoms with Crippen molar-refractivity contribution in [1.29, 1.82) is 0 Å². The highest BCUT2D eigenvalue weighted by Crippen LogP contribution is 2.47. The van der Waals surface area contributed by atoms with Crippen LogP contribution in [-0.4, -0.2) is 57.6 Å². The quantitative estimate of drug-likeness (QED) is 0.843. The van der Waals surface area contributed by atoms with Crippen LogP contribution in [0.1, 0.15) is 40.2 Å². The number of phenols is 2. The van der Waals surface area contributed by atoms with Gasteiger partial charge in [-0.25, -0.2) is 0 Å². The van der Waals surface area contributed by atoms with Crippen LogP contribution in [0.4, 0.5) is 0 Å². The van der Waals surface area contributed by atoms with Crippen molar-refractivity contribution in [2.75, 3.05) is 19.6 Å². The van der Waals surface area contributed by atoms with E-state index in [0.29, 0.717) is 18.0 Å². The van der Waals surface area contributed by atoms with Gasteiger partial charge in [0.25, 0.3) is 5.91 Å². The second-order valence-electron chi connectivity index (χ2n) is 8.53. The van der Waals surface area contributed by atoms with Crippen molar-refractivity contribution in [2.45, 2.75) is 37.8 Å². The molecule has 5 heteroatoms. The van der Waals surface area contributed by atoms with E-state index in [1.807, 2.05) is 30.0 Å². The van der Waals surface area contributed by atoms with Crippen molar-refractivity contribution in [3.05, 3.63) is 59.2 Å². The summed E-state index contributed by atoms with van der Waals surface area (Å²) in [6.45, 7) is 4.70. The molecule has 1 amide bonds.